The molecule has 0 saturated carbocycles. The van der Waals surface area contributed by atoms with E-state index in [9.17, 15) is 13.2 Å². The number of hydrogen-bond donors (Lipinski definition) is 2. The minimum Gasteiger partial charge on any atom is -0.381 e. The van der Waals surface area contributed by atoms with E-state index >= 15 is 0 Å². The first-order valence-corrected chi connectivity index (χ1v) is 16.9. The van der Waals surface area contributed by atoms with Gasteiger partial charge in [0.25, 0.3) is 15.6 Å². The SMILES string of the molecule is C=C(c1cc2cnc(Nc3ccc(N4CCNCC4)c(C)c3)nc2n(Cc2ccnn2S(=O)(=O)C(C)C)c1=O)C1CCOCC1. The van der Waals surface area contributed by atoms with Gasteiger partial charge in [-0.05, 0) is 81.0 Å². The van der Waals surface area contributed by atoms with E-state index in [1.807, 2.05) is 6.07 Å². The Hall–Kier alpha value is -4.07. The Kier molecular flexibility index (Phi) is 8.76. The van der Waals surface area contributed by atoms with Gasteiger partial charge in [-0.1, -0.05) is 6.58 Å². The van der Waals surface area contributed by atoms with E-state index in [1.54, 1.807) is 32.2 Å². The van der Waals surface area contributed by atoms with Crippen LogP contribution in [-0.2, 0) is 21.3 Å². The van der Waals surface area contributed by atoms with E-state index in [2.05, 4.69) is 51.3 Å². The predicted octanol–water partition coefficient (Wildman–Crippen LogP) is 3.52. The number of nitrogens with one attached hydrogen (secondary N) is 2. The van der Waals surface area contributed by atoms with Crippen molar-refractivity contribution < 1.29 is 13.2 Å². The van der Waals surface area contributed by atoms with E-state index in [0.29, 0.717) is 41.5 Å². The molecule has 0 aliphatic carbocycles. The molecule has 0 bridgehead atoms. The van der Waals surface area contributed by atoms with Crippen LogP contribution in [0.25, 0.3) is 16.6 Å². The lowest BCUT2D eigenvalue weighted by atomic mass is 9.88. The molecule has 0 spiro atoms. The number of ether oxygens (including phenoxy) is 1. The lowest BCUT2D eigenvalue weighted by Gasteiger charge is -2.30. The van der Waals surface area contributed by atoms with Crippen molar-refractivity contribution in [1.82, 2.24) is 29.0 Å². The summed E-state index contributed by atoms with van der Waals surface area (Å²) in [6, 6.07) is 9.58. The van der Waals surface area contributed by atoms with Crippen molar-refractivity contribution in [2.75, 3.05) is 49.6 Å². The number of piperazine rings is 1. The molecule has 0 atom stereocenters. The van der Waals surface area contributed by atoms with Crippen LogP contribution in [0.3, 0.4) is 0 Å². The second-order valence-corrected chi connectivity index (χ2v) is 14.3. The number of hydrogen-bond acceptors (Lipinski definition) is 10. The number of aryl methyl sites for hydroxylation is 1. The third-order valence-corrected chi connectivity index (χ3v) is 10.6. The average molecular weight is 633 g/mol. The van der Waals surface area contributed by atoms with Crippen molar-refractivity contribution in [2.24, 2.45) is 5.92 Å². The topological polar surface area (TPSA) is 136 Å². The fraction of sp³-hybridized carbons (Fsp3) is 0.438. The summed E-state index contributed by atoms with van der Waals surface area (Å²) in [5.41, 5.74) is 4.80. The Labute approximate surface area is 263 Å². The van der Waals surface area contributed by atoms with Crippen LogP contribution >= 0.6 is 0 Å². The molecule has 1 aromatic carbocycles. The molecular formula is C32H40N8O4S. The molecule has 2 aliphatic rings. The Bertz CT molecular complexity index is 1890. The first kappa shape index (κ1) is 30.9. The molecule has 3 aromatic heterocycles. The number of fused-ring (bicyclic) bond motifs is 1. The summed E-state index contributed by atoms with van der Waals surface area (Å²) in [6.45, 7) is 14.6. The van der Waals surface area contributed by atoms with E-state index < -0.39 is 15.3 Å². The summed E-state index contributed by atoms with van der Waals surface area (Å²) < 4.78 is 34.2. The number of aromatic nitrogens is 5. The molecule has 45 heavy (non-hydrogen) atoms. The van der Waals surface area contributed by atoms with Gasteiger partial charge in [0.05, 0.1) is 23.7 Å². The summed E-state index contributed by atoms with van der Waals surface area (Å²) >= 11 is 0. The summed E-state index contributed by atoms with van der Waals surface area (Å²) in [5.74, 6) is 0.433. The lowest BCUT2D eigenvalue weighted by Crippen LogP contribution is -2.43. The number of pyridine rings is 1. The van der Waals surface area contributed by atoms with Crippen LogP contribution in [0.5, 0.6) is 0 Å². The van der Waals surface area contributed by atoms with Gasteiger partial charge in [0.1, 0.15) is 5.65 Å². The minimum absolute atomic E-state index is 0.0505. The van der Waals surface area contributed by atoms with Gasteiger partial charge in [0.15, 0.2) is 0 Å². The fourth-order valence-electron chi connectivity index (χ4n) is 6.01. The van der Waals surface area contributed by atoms with Crippen molar-refractivity contribution in [2.45, 2.75) is 45.4 Å². The molecular weight excluding hydrogens is 592 g/mol. The first-order chi connectivity index (χ1) is 21.6. The van der Waals surface area contributed by atoms with E-state index in [0.717, 1.165) is 59.9 Å². The average Bonchev–Trinajstić information content (AvgIpc) is 3.52. The molecule has 6 rings (SSSR count). The smallest absolute Gasteiger partial charge is 0.260 e. The predicted molar refractivity (Wildman–Crippen MR) is 177 cm³/mol. The van der Waals surface area contributed by atoms with Crippen LogP contribution < -0.4 is 21.1 Å². The monoisotopic (exact) mass is 632 g/mol. The Morgan fingerprint density at radius 3 is 2.62 bits per heavy atom. The highest BCUT2D eigenvalue weighted by atomic mass is 32.2. The highest BCUT2D eigenvalue weighted by Crippen LogP contribution is 2.30. The second-order valence-electron chi connectivity index (χ2n) is 12.0. The van der Waals surface area contributed by atoms with Crippen LogP contribution in [0.1, 0.15) is 43.5 Å². The molecule has 2 aliphatic heterocycles. The summed E-state index contributed by atoms with van der Waals surface area (Å²) in [7, 11) is -3.75. The highest BCUT2D eigenvalue weighted by Gasteiger charge is 2.25. The van der Waals surface area contributed by atoms with Crippen molar-refractivity contribution in [3.8, 4) is 0 Å². The maximum absolute atomic E-state index is 14.2. The number of nitrogens with zero attached hydrogens (tertiary/aromatic N) is 6. The van der Waals surface area contributed by atoms with Crippen molar-refractivity contribution in [1.29, 1.82) is 0 Å². The molecule has 238 valence electrons. The Morgan fingerprint density at radius 2 is 1.91 bits per heavy atom. The zero-order chi connectivity index (χ0) is 31.7. The molecule has 2 saturated heterocycles. The van der Waals surface area contributed by atoms with Crippen molar-refractivity contribution in [3.05, 3.63) is 76.5 Å². The number of rotatable bonds is 9. The lowest BCUT2D eigenvalue weighted by molar-refractivity contribution is 0.0808. The third-order valence-electron chi connectivity index (χ3n) is 8.64. The van der Waals surface area contributed by atoms with Crippen LogP contribution in [0, 0.1) is 12.8 Å². The van der Waals surface area contributed by atoms with Crippen LogP contribution in [0.15, 0.2) is 54.1 Å². The zero-order valence-corrected chi connectivity index (χ0v) is 26.8. The molecule has 4 aromatic rings. The van der Waals surface area contributed by atoms with Crippen molar-refractivity contribution in [3.63, 3.8) is 0 Å². The molecule has 0 amide bonds. The van der Waals surface area contributed by atoms with Gasteiger partial charge in [-0.25, -0.2) is 13.4 Å². The molecule has 2 fully saturated rings. The maximum atomic E-state index is 14.2. The Balaban J connectivity index is 1.40. The largest absolute Gasteiger partial charge is 0.381 e. The normalized spacial score (nSPS) is 16.4. The standard InChI is InChI=1S/C32H40N8O4S/c1-21(2)45(42,43)40-27(7-10-35-40)20-39-30-25(18-28(31(39)41)23(4)24-8-15-44-16-9-24)19-34-32(37-30)36-26-5-6-29(22(3)17-26)38-13-11-33-12-14-38/h5-7,10,17-19,21,24,33H,4,8-9,11-16,20H2,1-3H3,(H,34,36,37). The summed E-state index contributed by atoms with van der Waals surface area (Å²) in [5, 5.41) is 10.7. The molecule has 0 radical (unpaired) electrons. The van der Waals surface area contributed by atoms with Gasteiger partial charge in [0, 0.05) is 67.9 Å². The van der Waals surface area contributed by atoms with Gasteiger partial charge < -0.3 is 20.3 Å². The van der Waals surface area contributed by atoms with Crippen LogP contribution in [0.2, 0.25) is 0 Å². The van der Waals surface area contributed by atoms with E-state index in [1.165, 1.54) is 16.5 Å². The van der Waals surface area contributed by atoms with Gasteiger partial charge in [-0.3, -0.25) is 9.36 Å². The third kappa shape index (κ3) is 6.24. The molecule has 12 nitrogen and oxygen atoms in total. The van der Waals surface area contributed by atoms with Gasteiger partial charge in [-0.2, -0.15) is 14.2 Å². The van der Waals surface area contributed by atoms with Crippen molar-refractivity contribution >= 4 is 44.0 Å². The highest BCUT2D eigenvalue weighted by molar-refractivity contribution is 7.90. The summed E-state index contributed by atoms with van der Waals surface area (Å²) in [4.78, 5) is 25.9. The van der Waals surface area contributed by atoms with E-state index in [4.69, 9.17) is 9.72 Å². The maximum Gasteiger partial charge on any atom is 0.260 e. The van der Waals surface area contributed by atoms with E-state index in [-0.39, 0.29) is 18.0 Å². The molecule has 5 heterocycles. The summed E-state index contributed by atoms with van der Waals surface area (Å²) in [6.07, 6.45) is 4.68. The number of anilines is 3. The minimum atomic E-state index is -3.75. The fourth-order valence-corrected chi connectivity index (χ4v) is 7.04. The van der Waals surface area contributed by atoms with Gasteiger partial charge in [0.2, 0.25) is 5.95 Å². The number of allylic oxidation sites excluding steroid dienone is 1. The first-order valence-electron chi connectivity index (χ1n) is 15.4. The van der Waals surface area contributed by atoms with Gasteiger partial charge >= 0.3 is 0 Å². The number of benzene rings is 1. The second kappa shape index (κ2) is 12.7. The van der Waals surface area contributed by atoms with Crippen LogP contribution in [-0.4, -0.2) is 76.8 Å². The zero-order valence-electron chi connectivity index (χ0n) is 26.0. The molecule has 13 heteroatoms. The van der Waals surface area contributed by atoms with Crippen LogP contribution in [0.4, 0.5) is 17.3 Å². The Morgan fingerprint density at radius 1 is 1.16 bits per heavy atom. The quantitative estimate of drug-likeness (QED) is 0.282. The molecule has 0 unspecified atom stereocenters. The van der Waals surface area contributed by atoms with Gasteiger partial charge in [-0.15, -0.1) is 0 Å². The molecule has 2 N–H and O–H groups in total.